The molecule has 2 aliphatic rings. The smallest absolute Gasteiger partial charge is 0.0976 e. The van der Waals surface area contributed by atoms with Gasteiger partial charge in [-0.2, -0.15) is 0 Å². The Morgan fingerprint density at radius 3 is 2.45 bits per heavy atom. The average Bonchev–Trinajstić information content (AvgIpc) is 2.48. The Bertz CT molecular complexity index is 433. The lowest BCUT2D eigenvalue weighted by Crippen LogP contribution is -2.59. The van der Waals surface area contributed by atoms with E-state index < -0.39 is 0 Å². The molecular weight excluding hydrogens is 246 g/mol. The fourth-order valence-corrected chi connectivity index (χ4v) is 3.84. The summed E-state index contributed by atoms with van der Waals surface area (Å²) in [6.45, 7) is 5.34. The van der Waals surface area contributed by atoms with E-state index in [2.05, 4.69) is 43.4 Å². The number of aryl methyl sites for hydroxylation is 1. The van der Waals surface area contributed by atoms with Crippen LogP contribution in [0.2, 0.25) is 0 Å². The molecule has 1 N–H and O–H groups in total. The van der Waals surface area contributed by atoms with Crippen LogP contribution in [-0.2, 0) is 11.2 Å². The van der Waals surface area contributed by atoms with Crippen LogP contribution in [0, 0.1) is 0 Å². The number of hydrogen-bond donors (Lipinski definition) is 1. The molecule has 3 rings (SSSR count). The molecule has 2 nitrogen and oxygen atoms in total. The molecular formula is C18H27NO. The fourth-order valence-electron chi connectivity index (χ4n) is 3.84. The average molecular weight is 273 g/mol. The molecule has 2 heteroatoms. The van der Waals surface area contributed by atoms with E-state index in [0.717, 1.165) is 13.0 Å². The Morgan fingerprint density at radius 2 is 1.85 bits per heavy atom. The third-order valence-electron chi connectivity index (χ3n) is 5.05. The van der Waals surface area contributed by atoms with Gasteiger partial charge in [-0.05, 0) is 37.3 Å². The van der Waals surface area contributed by atoms with Gasteiger partial charge in [0.25, 0.3) is 0 Å². The first-order valence-corrected chi connectivity index (χ1v) is 8.21. The summed E-state index contributed by atoms with van der Waals surface area (Å²) in [7, 11) is 0. The van der Waals surface area contributed by atoms with Crippen LogP contribution in [0.4, 0.5) is 0 Å². The molecule has 0 radical (unpaired) electrons. The highest BCUT2D eigenvalue weighted by Crippen LogP contribution is 2.36. The minimum absolute atomic E-state index is 0.202. The van der Waals surface area contributed by atoms with Crippen LogP contribution in [-0.4, -0.2) is 18.2 Å². The second-order valence-corrected chi connectivity index (χ2v) is 6.60. The Labute approximate surface area is 122 Å². The predicted octanol–water partition coefficient (Wildman–Crippen LogP) is 4.00. The second-order valence-electron chi connectivity index (χ2n) is 6.60. The summed E-state index contributed by atoms with van der Waals surface area (Å²) in [5, 5.41) is 3.88. The molecule has 0 amide bonds. The summed E-state index contributed by atoms with van der Waals surface area (Å²) in [6, 6.07) is 9.34. The lowest BCUT2D eigenvalue weighted by Gasteiger charge is -2.47. The summed E-state index contributed by atoms with van der Waals surface area (Å²) in [4.78, 5) is 0. The summed E-state index contributed by atoms with van der Waals surface area (Å²) in [6.07, 6.45) is 7.94. The van der Waals surface area contributed by atoms with Crippen molar-refractivity contribution in [3.63, 3.8) is 0 Å². The van der Waals surface area contributed by atoms with Gasteiger partial charge in [0.2, 0.25) is 0 Å². The molecule has 1 aromatic carbocycles. The topological polar surface area (TPSA) is 21.3 Å². The van der Waals surface area contributed by atoms with Crippen LogP contribution in [0.5, 0.6) is 0 Å². The van der Waals surface area contributed by atoms with Gasteiger partial charge >= 0.3 is 0 Å². The second kappa shape index (κ2) is 5.87. The number of ether oxygens (including phenoxy) is 1. The standard InChI is InChI=1S/C18H27NO/c1-3-15-7-9-16(10-8-15)17-14(2)19-18(13-20-17)11-5-4-6-12-18/h7-10,14,17,19H,3-6,11-13H2,1-2H3. The predicted molar refractivity (Wildman–Crippen MR) is 82.9 cm³/mol. The molecule has 2 fully saturated rings. The van der Waals surface area contributed by atoms with Crippen LogP contribution in [0.3, 0.4) is 0 Å². The Balaban J connectivity index is 1.70. The number of morpholine rings is 1. The molecule has 2 unspecified atom stereocenters. The third kappa shape index (κ3) is 2.77. The number of rotatable bonds is 2. The van der Waals surface area contributed by atoms with Crippen LogP contribution < -0.4 is 5.32 Å². The lowest BCUT2D eigenvalue weighted by atomic mass is 9.80. The quantitative estimate of drug-likeness (QED) is 0.879. The maximum absolute atomic E-state index is 6.28. The summed E-state index contributed by atoms with van der Waals surface area (Å²) in [5.41, 5.74) is 2.97. The van der Waals surface area contributed by atoms with Crippen LogP contribution >= 0.6 is 0 Å². The lowest BCUT2D eigenvalue weighted by molar-refractivity contribution is -0.0714. The van der Waals surface area contributed by atoms with Gasteiger partial charge in [-0.15, -0.1) is 0 Å². The highest BCUT2D eigenvalue weighted by atomic mass is 16.5. The van der Waals surface area contributed by atoms with Crippen LogP contribution in [0.1, 0.15) is 63.2 Å². The fraction of sp³-hybridized carbons (Fsp3) is 0.667. The van der Waals surface area contributed by atoms with Gasteiger partial charge in [0, 0.05) is 11.6 Å². The van der Waals surface area contributed by atoms with E-state index in [-0.39, 0.29) is 11.6 Å². The van der Waals surface area contributed by atoms with Crippen molar-refractivity contribution in [1.82, 2.24) is 5.32 Å². The molecule has 0 bridgehead atoms. The molecule has 1 aliphatic heterocycles. The molecule has 1 heterocycles. The van der Waals surface area contributed by atoms with Gasteiger partial charge in [-0.25, -0.2) is 0 Å². The van der Waals surface area contributed by atoms with Crippen molar-refractivity contribution in [1.29, 1.82) is 0 Å². The normalized spacial score (nSPS) is 29.5. The molecule has 0 aromatic heterocycles. The van der Waals surface area contributed by atoms with Crippen molar-refractivity contribution in [3.05, 3.63) is 35.4 Å². The minimum Gasteiger partial charge on any atom is -0.370 e. The van der Waals surface area contributed by atoms with E-state index in [4.69, 9.17) is 4.74 Å². The Kier molecular flexibility index (Phi) is 4.13. The first-order chi connectivity index (χ1) is 9.72. The largest absolute Gasteiger partial charge is 0.370 e. The van der Waals surface area contributed by atoms with Gasteiger partial charge in [0.05, 0.1) is 12.7 Å². The van der Waals surface area contributed by atoms with Crippen molar-refractivity contribution in [3.8, 4) is 0 Å². The molecule has 2 atom stereocenters. The van der Waals surface area contributed by atoms with Gasteiger partial charge < -0.3 is 10.1 Å². The third-order valence-corrected chi connectivity index (χ3v) is 5.05. The van der Waals surface area contributed by atoms with Crippen molar-refractivity contribution in [2.45, 2.75) is 70.1 Å². The number of nitrogens with one attached hydrogen (secondary N) is 1. The van der Waals surface area contributed by atoms with Crippen LogP contribution in [0.15, 0.2) is 24.3 Å². The summed E-state index contributed by atoms with van der Waals surface area (Å²) < 4.78 is 6.28. The monoisotopic (exact) mass is 273 g/mol. The SMILES string of the molecule is CCc1ccc(C2OCC3(CCCCC3)NC2C)cc1. The van der Waals surface area contributed by atoms with E-state index in [1.165, 1.54) is 43.2 Å². The van der Waals surface area contributed by atoms with Gasteiger partial charge in [-0.3, -0.25) is 0 Å². The Morgan fingerprint density at radius 1 is 1.15 bits per heavy atom. The van der Waals surface area contributed by atoms with Crippen molar-refractivity contribution in [2.24, 2.45) is 0 Å². The maximum Gasteiger partial charge on any atom is 0.0976 e. The van der Waals surface area contributed by atoms with Gasteiger partial charge in [0.15, 0.2) is 0 Å². The van der Waals surface area contributed by atoms with E-state index in [1.807, 2.05) is 0 Å². The molecule has 1 spiro atoms. The van der Waals surface area contributed by atoms with E-state index in [0.29, 0.717) is 6.04 Å². The first-order valence-electron chi connectivity index (χ1n) is 8.21. The van der Waals surface area contributed by atoms with Crippen molar-refractivity contribution < 1.29 is 4.74 Å². The zero-order valence-corrected chi connectivity index (χ0v) is 12.8. The Hall–Kier alpha value is -0.860. The number of benzene rings is 1. The highest BCUT2D eigenvalue weighted by molar-refractivity contribution is 5.25. The van der Waals surface area contributed by atoms with Gasteiger partial charge in [0.1, 0.15) is 0 Å². The first kappa shape index (κ1) is 14.1. The van der Waals surface area contributed by atoms with Crippen molar-refractivity contribution in [2.75, 3.05) is 6.61 Å². The summed E-state index contributed by atoms with van der Waals surface area (Å²) in [5.74, 6) is 0. The van der Waals surface area contributed by atoms with E-state index >= 15 is 0 Å². The zero-order valence-electron chi connectivity index (χ0n) is 12.8. The van der Waals surface area contributed by atoms with Gasteiger partial charge in [-0.1, -0.05) is 50.5 Å². The molecule has 1 saturated carbocycles. The minimum atomic E-state index is 0.202. The van der Waals surface area contributed by atoms with E-state index in [9.17, 15) is 0 Å². The molecule has 20 heavy (non-hydrogen) atoms. The van der Waals surface area contributed by atoms with E-state index in [1.54, 1.807) is 0 Å². The zero-order chi connectivity index (χ0) is 14.0. The highest BCUT2D eigenvalue weighted by Gasteiger charge is 2.40. The summed E-state index contributed by atoms with van der Waals surface area (Å²) >= 11 is 0. The van der Waals surface area contributed by atoms with Crippen LogP contribution in [0.25, 0.3) is 0 Å². The molecule has 110 valence electrons. The molecule has 1 aliphatic carbocycles. The number of hydrogen-bond acceptors (Lipinski definition) is 2. The molecule has 1 saturated heterocycles. The maximum atomic E-state index is 6.28. The molecule has 1 aromatic rings. The van der Waals surface area contributed by atoms with Crippen molar-refractivity contribution >= 4 is 0 Å².